The first-order chi connectivity index (χ1) is 14.6. The third-order valence-electron chi connectivity index (χ3n) is 5.11. The number of nitrogens with zero attached hydrogens (tertiary/aromatic N) is 2. The van der Waals surface area contributed by atoms with Crippen molar-refractivity contribution in [2.24, 2.45) is 0 Å². The monoisotopic (exact) mass is 462 g/mol. The smallest absolute Gasteiger partial charge is 0.255 e. The van der Waals surface area contributed by atoms with Gasteiger partial charge in [0.05, 0.1) is 22.4 Å². The molecule has 1 heterocycles. The molecule has 0 unspecified atom stereocenters. The predicted octanol–water partition coefficient (Wildman–Crippen LogP) is 6.09. The number of carbonyl (C=O) groups is 1. The lowest BCUT2D eigenvalue weighted by Crippen LogP contribution is -2.24. The molecule has 152 valence electrons. The third-order valence-corrected chi connectivity index (χ3v) is 5.63. The van der Waals surface area contributed by atoms with Gasteiger partial charge in [0.25, 0.3) is 5.91 Å². The summed E-state index contributed by atoms with van der Waals surface area (Å²) in [5.41, 5.74) is 5.12. The number of anilines is 2. The Bertz CT molecular complexity index is 1170. The number of nitrogens with one attached hydrogen (secondary N) is 2. The van der Waals surface area contributed by atoms with Crippen LogP contribution >= 0.6 is 15.9 Å². The van der Waals surface area contributed by atoms with Crippen LogP contribution in [0.5, 0.6) is 0 Å². The highest BCUT2D eigenvalue weighted by Crippen LogP contribution is 2.32. The Morgan fingerprint density at radius 1 is 1.03 bits per heavy atom. The van der Waals surface area contributed by atoms with Crippen LogP contribution in [0.3, 0.4) is 0 Å². The number of imidazole rings is 1. The molecule has 0 aliphatic heterocycles. The van der Waals surface area contributed by atoms with Crippen molar-refractivity contribution in [3.05, 3.63) is 76.8 Å². The predicted molar refractivity (Wildman–Crippen MR) is 127 cm³/mol. The van der Waals surface area contributed by atoms with E-state index in [1.165, 1.54) is 0 Å². The van der Waals surface area contributed by atoms with Crippen molar-refractivity contribution < 1.29 is 4.79 Å². The van der Waals surface area contributed by atoms with Crippen LogP contribution in [0.4, 0.5) is 11.4 Å². The van der Waals surface area contributed by atoms with Crippen LogP contribution < -0.4 is 10.2 Å². The van der Waals surface area contributed by atoms with Gasteiger partial charge in [0.1, 0.15) is 5.82 Å². The maximum Gasteiger partial charge on any atom is 0.255 e. The molecule has 0 fully saturated rings. The van der Waals surface area contributed by atoms with E-state index < -0.39 is 0 Å². The summed E-state index contributed by atoms with van der Waals surface area (Å²) < 4.78 is 0.940. The van der Waals surface area contributed by atoms with Crippen molar-refractivity contribution in [3.8, 4) is 11.4 Å². The van der Waals surface area contributed by atoms with Crippen molar-refractivity contribution in [1.82, 2.24) is 9.97 Å². The van der Waals surface area contributed by atoms with Crippen molar-refractivity contribution in [2.75, 3.05) is 23.3 Å². The Hall–Kier alpha value is -3.12. The summed E-state index contributed by atoms with van der Waals surface area (Å²) in [7, 11) is 0. The lowest BCUT2D eigenvalue weighted by Gasteiger charge is -2.24. The summed E-state index contributed by atoms with van der Waals surface area (Å²) >= 11 is 3.41. The second-order valence-corrected chi connectivity index (χ2v) is 7.89. The second kappa shape index (κ2) is 8.71. The lowest BCUT2D eigenvalue weighted by molar-refractivity contribution is 0.102. The quantitative estimate of drug-likeness (QED) is 0.364. The normalized spacial score (nSPS) is 10.9. The summed E-state index contributed by atoms with van der Waals surface area (Å²) in [6.07, 6.45) is 0. The summed E-state index contributed by atoms with van der Waals surface area (Å²) in [6, 6.07) is 21.4. The Balaban J connectivity index is 1.76. The van der Waals surface area contributed by atoms with Gasteiger partial charge in [-0.2, -0.15) is 0 Å². The molecule has 6 heteroatoms. The number of amides is 1. The molecule has 4 aromatic rings. The molecule has 1 amide bonds. The minimum atomic E-state index is -0.141. The molecular formula is C24H23BrN4O. The Morgan fingerprint density at radius 2 is 1.73 bits per heavy atom. The van der Waals surface area contributed by atoms with E-state index in [1.54, 1.807) is 12.1 Å². The van der Waals surface area contributed by atoms with Gasteiger partial charge in [-0.3, -0.25) is 4.79 Å². The summed E-state index contributed by atoms with van der Waals surface area (Å²) in [5.74, 6) is 0.672. The van der Waals surface area contributed by atoms with E-state index in [0.717, 1.165) is 51.4 Å². The SMILES string of the molecule is CCN(CC)c1cc2nc(-c3ccccc3)[nH]c2cc1NC(=O)c1ccc(Br)cc1. The average molecular weight is 463 g/mol. The van der Waals surface area contributed by atoms with Gasteiger partial charge in [-0.25, -0.2) is 4.98 Å². The van der Waals surface area contributed by atoms with E-state index in [1.807, 2.05) is 54.6 Å². The Labute approximate surface area is 184 Å². The number of aromatic nitrogens is 2. The minimum Gasteiger partial charge on any atom is -0.370 e. The topological polar surface area (TPSA) is 61.0 Å². The molecule has 2 N–H and O–H groups in total. The van der Waals surface area contributed by atoms with Crippen molar-refractivity contribution in [2.45, 2.75) is 13.8 Å². The highest BCUT2D eigenvalue weighted by Gasteiger charge is 2.16. The molecule has 0 saturated carbocycles. The number of hydrogen-bond donors (Lipinski definition) is 2. The van der Waals surface area contributed by atoms with Crippen molar-refractivity contribution >= 4 is 44.2 Å². The third kappa shape index (κ3) is 4.09. The van der Waals surface area contributed by atoms with Gasteiger partial charge in [-0.1, -0.05) is 46.3 Å². The molecule has 0 radical (unpaired) electrons. The number of fused-ring (bicyclic) bond motifs is 1. The van der Waals surface area contributed by atoms with E-state index in [4.69, 9.17) is 4.98 Å². The first kappa shape index (κ1) is 20.2. The Morgan fingerprint density at radius 3 is 2.40 bits per heavy atom. The zero-order valence-corrected chi connectivity index (χ0v) is 18.5. The fourth-order valence-corrected chi connectivity index (χ4v) is 3.76. The minimum absolute atomic E-state index is 0.141. The molecule has 0 spiro atoms. The largest absolute Gasteiger partial charge is 0.370 e. The number of halogens is 1. The van der Waals surface area contributed by atoms with E-state index in [0.29, 0.717) is 5.56 Å². The van der Waals surface area contributed by atoms with E-state index in [-0.39, 0.29) is 5.91 Å². The number of benzene rings is 3. The number of rotatable bonds is 6. The molecule has 0 aliphatic rings. The maximum absolute atomic E-state index is 12.9. The van der Waals surface area contributed by atoms with Gasteiger partial charge in [0, 0.05) is 28.7 Å². The van der Waals surface area contributed by atoms with E-state index in [9.17, 15) is 4.79 Å². The molecule has 0 aliphatic carbocycles. The van der Waals surface area contributed by atoms with Crippen LogP contribution in [-0.4, -0.2) is 29.0 Å². The second-order valence-electron chi connectivity index (χ2n) is 6.97. The van der Waals surface area contributed by atoms with Gasteiger partial charge in [-0.05, 0) is 50.2 Å². The zero-order chi connectivity index (χ0) is 21.1. The van der Waals surface area contributed by atoms with Crippen LogP contribution in [0.1, 0.15) is 24.2 Å². The number of aromatic amines is 1. The van der Waals surface area contributed by atoms with Crippen LogP contribution in [0.25, 0.3) is 22.4 Å². The highest BCUT2D eigenvalue weighted by atomic mass is 79.9. The molecule has 4 rings (SSSR count). The molecular weight excluding hydrogens is 440 g/mol. The first-order valence-electron chi connectivity index (χ1n) is 10.00. The summed E-state index contributed by atoms with van der Waals surface area (Å²) in [4.78, 5) is 23.3. The maximum atomic E-state index is 12.9. The molecule has 3 aromatic carbocycles. The summed E-state index contributed by atoms with van der Waals surface area (Å²) in [6.45, 7) is 5.88. The number of hydrogen-bond acceptors (Lipinski definition) is 3. The fraction of sp³-hybridized carbons (Fsp3) is 0.167. The average Bonchev–Trinajstić information content (AvgIpc) is 3.19. The number of H-pyrrole nitrogens is 1. The van der Waals surface area contributed by atoms with Crippen LogP contribution in [0.15, 0.2) is 71.2 Å². The molecule has 0 atom stereocenters. The molecule has 30 heavy (non-hydrogen) atoms. The fourth-order valence-electron chi connectivity index (χ4n) is 3.50. The van der Waals surface area contributed by atoms with Crippen molar-refractivity contribution in [3.63, 3.8) is 0 Å². The summed E-state index contributed by atoms with van der Waals surface area (Å²) in [5, 5.41) is 3.09. The first-order valence-corrected chi connectivity index (χ1v) is 10.8. The van der Waals surface area contributed by atoms with Crippen LogP contribution in [0, 0.1) is 0 Å². The van der Waals surface area contributed by atoms with Gasteiger partial charge in [0.2, 0.25) is 0 Å². The van der Waals surface area contributed by atoms with Crippen molar-refractivity contribution in [1.29, 1.82) is 0 Å². The van der Waals surface area contributed by atoms with Gasteiger partial charge >= 0.3 is 0 Å². The number of carbonyl (C=O) groups excluding carboxylic acids is 1. The highest BCUT2D eigenvalue weighted by molar-refractivity contribution is 9.10. The molecule has 5 nitrogen and oxygen atoms in total. The van der Waals surface area contributed by atoms with Crippen LogP contribution in [-0.2, 0) is 0 Å². The Kier molecular flexibility index (Phi) is 5.86. The van der Waals surface area contributed by atoms with E-state index >= 15 is 0 Å². The molecule has 0 saturated heterocycles. The van der Waals surface area contributed by atoms with Crippen LogP contribution in [0.2, 0.25) is 0 Å². The molecule has 1 aromatic heterocycles. The van der Waals surface area contributed by atoms with Gasteiger partial charge in [-0.15, -0.1) is 0 Å². The standard InChI is InChI=1S/C24H23BrN4O/c1-3-29(4-2)22-15-20-19(26-23(27-20)16-8-6-5-7-9-16)14-21(22)28-24(30)17-10-12-18(25)13-11-17/h5-15H,3-4H2,1-2H3,(H,26,27)(H,28,30). The van der Waals surface area contributed by atoms with E-state index in [2.05, 4.69) is 45.0 Å². The molecule has 0 bridgehead atoms. The van der Waals surface area contributed by atoms with Gasteiger partial charge in [0.15, 0.2) is 0 Å². The van der Waals surface area contributed by atoms with Gasteiger partial charge < -0.3 is 15.2 Å². The lowest BCUT2D eigenvalue weighted by atomic mass is 10.1. The zero-order valence-electron chi connectivity index (χ0n) is 16.9.